The van der Waals surface area contributed by atoms with Crippen molar-refractivity contribution in [3.8, 4) is 5.75 Å². The molecule has 1 aromatic carbocycles. The predicted molar refractivity (Wildman–Crippen MR) is 75.5 cm³/mol. The first-order chi connectivity index (χ1) is 8.42. The van der Waals surface area contributed by atoms with Gasteiger partial charge >= 0.3 is 5.97 Å². The molecule has 0 fully saturated rings. The average molecular weight is 268 g/mol. The second kappa shape index (κ2) is 6.69. The van der Waals surface area contributed by atoms with E-state index >= 15 is 0 Å². The number of aryl methyl sites for hydroxylation is 1. The number of carboxylic acids is 1. The lowest BCUT2D eigenvalue weighted by Gasteiger charge is -2.18. The van der Waals surface area contributed by atoms with Gasteiger partial charge in [0.25, 0.3) is 0 Å². The molecule has 0 radical (unpaired) electrons. The highest BCUT2D eigenvalue weighted by atomic mass is 32.2. The molecule has 0 bridgehead atoms. The fraction of sp³-hybridized carbons (Fsp3) is 0.500. The fourth-order valence-electron chi connectivity index (χ4n) is 1.34. The normalized spacial score (nSPS) is 11.3. The first-order valence-corrected chi connectivity index (χ1v) is 6.97. The van der Waals surface area contributed by atoms with Crippen LogP contribution in [0.25, 0.3) is 0 Å². The van der Waals surface area contributed by atoms with E-state index in [1.165, 1.54) is 17.3 Å². The highest BCUT2D eigenvalue weighted by Gasteiger charge is 2.26. The second-order valence-corrected chi connectivity index (χ2v) is 6.40. The predicted octanol–water partition coefficient (Wildman–Crippen LogP) is 3.36. The quantitative estimate of drug-likeness (QED) is 0.770. The van der Waals surface area contributed by atoms with Crippen LogP contribution in [-0.2, 0) is 4.79 Å². The topological polar surface area (TPSA) is 46.5 Å². The van der Waals surface area contributed by atoms with Crippen molar-refractivity contribution in [1.82, 2.24) is 0 Å². The number of aliphatic carboxylic acids is 1. The molecule has 0 spiro atoms. The molecule has 0 aliphatic heterocycles. The Bertz CT molecular complexity index is 402. The lowest BCUT2D eigenvalue weighted by Crippen LogP contribution is -2.27. The Kier molecular flexibility index (Phi) is 5.54. The molecule has 0 aliphatic rings. The van der Waals surface area contributed by atoms with Crippen LogP contribution in [-0.4, -0.2) is 28.2 Å². The van der Waals surface area contributed by atoms with Crippen LogP contribution in [0.15, 0.2) is 24.3 Å². The summed E-state index contributed by atoms with van der Waals surface area (Å²) in [5, 5.41) is 8.95. The molecule has 0 atom stereocenters. The fourth-order valence-corrected chi connectivity index (χ4v) is 2.24. The van der Waals surface area contributed by atoms with Gasteiger partial charge in [0, 0.05) is 0 Å². The Labute approximate surface area is 113 Å². The zero-order valence-electron chi connectivity index (χ0n) is 11.1. The number of benzene rings is 1. The van der Waals surface area contributed by atoms with Crippen LogP contribution in [0, 0.1) is 6.92 Å². The van der Waals surface area contributed by atoms with Crippen molar-refractivity contribution in [2.45, 2.75) is 31.9 Å². The summed E-state index contributed by atoms with van der Waals surface area (Å²) in [6.45, 7) is 6.09. The average Bonchev–Trinajstić information content (AvgIpc) is 2.28. The molecular weight excluding hydrogens is 248 g/mol. The van der Waals surface area contributed by atoms with Crippen LogP contribution in [0.1, 0.15) is 25.8 Å². The summed E-state index contributed by atoms with van der Waals surface area (Å²) in [4.78, 5) is 10.9. The van der Waals surface area contributed by atoms with E-state index < -0.39 is 10.7 Å². The molecule has 4 heteroatoms. The standard InChI is InChI=1S/C14H20O3S/c1-11-6-4-7-12(10-11)17-8-5-9-18-14(2,3)13(15)16/h4,6-7,10H,5,8-9H2,1-3H3,(H,15,16). The highest BCUT2D eigenvalue weighted by molar-refractivity contribution is 8.01. The summed E-state index contributed by atoms with van der Waals surface area (Å²) in [7, 11) is 0. The molecule has 0 unspecified atom stereocenters. The first kappa shape index (κ1) is 14.9. The Balaban J connectivity index is 2.22. The van der Waals surface area contributed by atoms with Crippen molar-refractivity contribution in [2.75, 3.05) is 12.4 Å². The number of ether oxygens (including phenoxy) is 1. The molecule has 0 saturated carbocycles. The van der Waals surface area contributed by atoms with Gasteiger partial charge in [-0.25, -0.2) is 0 Å². The largest absolute Gasteiger partial charge is 0.494 e. The molecule has 0 amide bonds. The summed E-state index contributed by atoms with van der Waals surface area (Å²) in [6, 6.07) is 7.92. The van der Waals surface area contributed by atoms with Crippen LogP contribution in [0.5, 0.6) is 5.75 Å². The molecule has 100 valence electrons. The smallest absolute Gasteiger partial charge is 0.319 e. The highest BCUT2D eigenvalue weighted by Crippen LogP contribution is 2.25. The van der Waals surface area contributed by atoms with E-state index in [1.54, 1.807) is 13.8 Å². The number of carboxylic acid groups (broad SMARTS) is 1. The first-order valence-electron chi connectivity index (χ1n) is 5.98. The van der Waals surface area contributed by atoms with Gasteiger partial charge in [0.2, 0.25) is 0 Å². The number of thioether (sulfide) groups is 1. The maximum Gasteiger partial charge on any atom is 0.319 e. The van der Waals surface area contributed by atoms with Gasteiger partial charge in [-0.05, 0) is 50.6 Å². The zero-order valence-corrected chi connectivity index (χ0v) is 11.9. The van der Waals surface area contributed by atoms with Crippen molar-refractivity contribution < 1.29 is 14.6 Å². The van der Waals surface area contributed by atoms with Gasteiger partial charge in [-0.2, -0.15) is 0 Å². The van der Waals surface area contributed by atoms with E-state index in [1.807, 2.05) is 31.2 Å². The van der Waals surface area contributed by atoms with Crippen LogP contribution in [0.2, 0.25) is 0 Å². The Hall–Kier alpha value is -1.16. The third kappa shape index (κ3) is 5.00. The summed E-state index contributed by atoms with van der Waals surface area (Å²) in [6.07, 6.45) is 0.843. The Morgan fingerprint density at radius 3 is 2.78 bits per heavy atom. The molecule has 18 heavy (non-hydrogen) atoms. The number of hydrogen-bond donors (Lipinski definition) is 1. The lowest BCUT2D eigenvalue weighted by molar-refractivity contribution is -0.138. The van der Waals surface area contributed by atoms with Gasteiger partial charge in [0.1, 0.15) is 10.5 Å². The molecule has 1 N–H and O–H groups in total. The minimum absolute atomic E-state index is 0.617. The van der Waals surface area contributed by atoms with Crippen molar-refractivity contribution in [3.05, 3.63) is 29.8 Å². The van der Waals surface area contributed by atoms with Gasteiger partial charge in [0.05, 0.1) is 6.61 Å². The van der Waals surface area contributed by atoms with Gasteiger partial charge < -0.3 is 9.84 Å². The SMILES string of the molecule is Cc1cccc(OCCCSC(C)(C)C(=O)O)c1. The number of hydrogen-bond acceptors (Lipinski definition) is 3. The van der Waals surface area contributed by atoms with Crippen molar-refractivity contribution in [2.24, 2.45) is 0 Å². The van der Waals surface area contributed by atoms with Gasteiger partial charge in [-0.15, -0.1) is 11.8 Å². The van der Waals surface area contributed by atoms with E-state index in [0.29, 0.717) is 6.61 Å². The zero-order chi connectivity index (χ0) is 13.6. The Morgan fingerprint density at radius 1 is 1.44 bits per heavy atom. The van der Waals surface area contributed by atoms with Crippen LogP contribution >= 0.6 is 11.8 Å². The van der Waals surface area contributed by atoms with Gasteiger partial charge in [-0.1, -0.05) is 12.1 Å². The van der Waals surface area contributed by atoms with E-state index in [0.717, 1.165) is 17.9 Å². The molecule has 0 saturated heterocycles. The monoisotopic (exact) mass is 268 g/mol. The summed E-state index contributed by atoms with van der Waals surface area (Å²) >= 11 is 1.45. The second-order valence-electron chi connectivity index (χ2n) is 4.68. The molecule has 1 aromatic rings. The van der Waals surface area contributed by atoms with Crippen molar-refractivity contribution in [1.29, 1.82) is 0 Å². The third-order valence-electron chi connectivity index (χ3n) is 2.52. The molecule has 0 aliphatic carbocycles. The molecule has 3 nitrogen and oxygen atoms in total. The minimum Gasteiger partial charge on any atom is -0.494 e. The lowest BCUT2D eigenvalue weighted by atomic mass is 10.2. The molecule has 1 rings (SSSR count). The van der Waals surface area contributed by atoms with Gasteiger partial charge in [-0.3, -0.25) is 4.79 Å². The minimum atomic E-state index is -0.771. The maximum absolute atomic E-state index is 10.9. The molecule has 0 heterocycles. The summed E-state index contributed by atoms with van der Waals surface area (Å²) in [5.41, 5.74) is 1.17. The van der Waals surface area contributed by atoms with Crippen molar-refractivity contribution in [3.63, 3.8) is 0 Å². The van der Waals surface area contributed by atoms with Crippen LogP contribution in [0.4, 0.5) is 0 Å². The number of carbonyl (C=O) groups is 1. The van der Waals surface area contributed by atoms with Crippen molar-refractivity contribution >= 4 is 17.7 Å². The summed E-state index contributed by atoms with van der Waals surface area (Å²) in [5.74, 6) is 0.884. The van der Waals surface area contributed by atoms with Crippen LogP contribution in [0.3, 0.4) is 0 Å². The molecular formula is C14H20O3S. The summed E-state index contributed by atoms with van der Waals surface area (Å²) < 4.78 is 4.88. The van der Waals surface area contributed by atoms with E-state index in [-0.39, 0.29) is 0 Å². The van der Waals surface area contributed by atoms with E-state index in [4.69, 9.17) is 9.84 Å². The number of rotatable bonds is 7. The van der Waals surface area contributed by atoms with E-state index in [2.05, 4.69) is 0 Å². The Morgan fingerprint density at radius 2 is 2.17 bits per heavy atom. The third-order valence-corrected chi connectivity index (χ3v) is 3.91. The van der Waals surface area contributed by atoms with Crippen LogP contribution < -0.4 is 4.74 Å². The maximum atomic E-state index is 10.9. The van der Waals surface area contributed by atoms with Gasteiger partial charge in [0.15, 0.2) is 0 Å². The van der Waals surface area contributed by atoms with E-state index in [9.17, 15) is 4.79 Å². The molecule has 0 aromatic heterocycles.